The monoisotopic (exact) mass is 152 g/mol. The SMILES string of the molecule is [3H]c1c(C)c(C)c(C)c(N)c1N. The van der Waals surface area contributed by atoms with E-state index in [1.807, 2.05) is 20.8 Å². The zero-order chi connectivity index (χ0) is 9.46. The van der Waals surface area contributed by atoms with E-state index in [9.17, 15) is 0 Å². The third-order valence-electron chi connectivity index (χ3n) is 2.14. The molecule has 0 amide bonds. The van der Waals surface area contributed by atoms with Gasteiger partial charge in [0.05, 0.1) is 12.7 Å². The molecule has 1 aromatic rings. The van der Waals surface area contributed by atoms with E-state index in [2.05, 4.69) is 0 Å². The molecule has 0 saturated carbocycles. The maximum absolute atomic E-state index is 7.62. The molecular weight excluding hydrogens is 136 g/mol. The predicted molar refractivity (Wildman–Crippen MR) is 49.5 cm³/mol. The predicted octanol–water partition coefficient (Wildman–Crippen LogP) is 1.78. The van der Waals surface area contributed by atoms with Crippen molar-refractivity contribution in [2.24, 2.45) is 0 Å². The molecule has 0 radical (unpaired) electrons. The lowest BCUT2D eigenvalue weighted by molar-refractivity contribution is 1.27. The van der Waals surface area contributed by atoms with E-state index in [1.165, 1.54) is 0 Å². The second-order valence-electron chi connectivity index (χ2n) is 2.83. The summed E-state index contributed by atoms with van der Waals surface area (Å²) in [6.45, 7) is 5.77. The highest BCUT2D eigenvalue weighted by Crippen LogP contribution is 2.25. The van der Waals surface area contributed by atoms with Crippen LogP contribution in [0, 0.1) is 20.8 Å². The number of rotatable bonds is 0. The Balaban J connectivity index is 3.60. The lowest BCUT2D eigenvalue weighted by Gasteiger charge is -2.09. The number of nitrogen functional groups attached to an aromatic ring is 2. The molecule has 0 aliphatic rings. The molecule has 0 saturated heterocycles. The highest BCUT2D eigenvalue weighted by atomic mass is 14.7. The molecule has 0 heterocycles. The van der Waals surface area contributed by atoms with Crippen molar-refractivity contribution in [3.63, 3.8) is 0 Å². The van der Waals surface area contributed by atoms with E-state index in [-0.39, 0.29) is 0 Å². The van der Waals surface area contributed by atoms with Crippen molar-refractivity contribution < 1.29 is 1.37 Å². The lowest BCUT2D eigenvalue weighted by Crippen LogP contribution is -2.00. The summed E-state index contributed by atoms with van der Waals surface area (Å²) in [4.78, 5) is 0. The summed E-state index contributed by atoms with van der Waals surface area (Å²) >= 11 is 0. The molecule has 0 unspecified atom stereocenters. The van der Waals surface area contributed by atoms with Gasteiger partial charge in [-0.15, -0.1) is 0 Å². The summed E-state index contributed by atoms with van der Waals surface area (Å²) < 4.78 is 7.62. The number of hydrogen-bond donors (Lipinski definition) is 2. The van der Waals surface area contributed by atoms with Crippen LogP contribution in [0.5, 0.6) is 0 Å². The highest BCUT2D eigenvalue weighted by molar-refractivity contribution is 5.70. The fraction of sp³-hybridized carbons (Fsp3) is 0.333. The van der Waals surface area contributed by atoms with E-state index in [0.717, 1.165) is 16.7 Å². The molecule has 60 valence electrons. The van der Waals surface area contributed by atoms with Crippen molar-refractivity contribution >= 4 is 11.4 Å². The smallest absolute Gasteiger partial charge is 0.0648 e. The largest absolute Gasteiger partial charge is 0.397 e. The molecular formula is C9H14N2. The molecule has 0 aliphatic heterocycles. The summed E-state index contributed by atoms with van der Waals surface area (Å²) in [5.74, 6) is 0. The van der Waals surface area contributed by atoms with E-state index in [4.69, 9.17) is 12.8 Å². The Morgan fingerprint density at radius 3 is 2.27 bits per heavy atom. The number of anilines is 2. The van der Waals surface area contributed by atoms with E-state index in [1.54, 1.807) is 0 Å². The minimum absolute atomic E-state index is 0.357. The standard InChI is InChI=1S/C9H14N2/c1-5-4-8(10)9(11)7(3)6(5)2/h4H,10-11H2,1-3H3/i4T. The summed E-state index contributed by atoms with van der Waals surface area (Å²) in [5, 5.41) is 0. The maximum Gasteiger partial charge on any atom is 0.0648 e. The molecule has 2 heteroatoms. The third kappa shape index (κ3) is 1.16. The molecule has 2 nitrogen and oxygen atoms in total. The van der Waals surface area contributed by atoms with Crippen LogP contribution in [0.15, 0.2) is 6.04 Å². The van der Waals surface area contributed by atoms with Gasteiger partial charge in [0.25, 0.3) is 0 Å². The molecule has 4 N–H and O–H groups in total. The van der Waals surface area contributed by atoms with Gasteiger partial charge < -0.3 is 11.5 Å². The van der Waals surface area contributed by atoms with Gasteiger partial charge in [-0.3, -0.25) is 0 Å². The topological polar surface area (TPSA) is 52.0 Å². The second kappa shape index (κ2) is 2.46. The Bertz CT molecular complexity index is 227. The Morgan fingerprint density at radius 1 is 1.18 bits per heavy atom. The number of benzene rings is 1. The lowest BCUT2D eigenvalue weighted by atomic mass is 10.0. The van der Waals surface area contributed by atoms with Gasteiger partial charge in [0.15, 0.2) is 0 Å². The van der Waals surface area contributed by atoms with Crippen molar-refractivity contribution in [1.82, 2.24) is 0 Å². The minimum atomic E-state index is 0.357. The molecule has 0 aromatic heterocycles. The molecule has 1 aromatic carbocycles. The number of hydrogen-bond acceptors (Lipinski definition) is 2. The quantitative estimate of drug-likeness (QED) is 0.557. The average Bonchev–Trinajstić information content (AvgIpc) is 2.08. The zero-order valence-electron chi connectivity index (χ0n) is 8.15. The maximum atomic E-state index is 7.62. The van der Waals surface area contributed by atoms with Gasteiger partial charge in [0.2, 0.25) is 0 Å². The Kier molecular flexibility index (Phi) is 1.46. The minimum Gasteiger partial charge on any atom is -0.397 e. The van der Waals surface area contributed by atoms with Crippen LogP contribution >= 0.6 is 0 Å². The molecule has 0 spiro atoms. The van der Waals surface area contributed by atoms with Crippen LogP contribution in [0.1, 0.15) is 18.1 Å². The van der Waals surface area contributed by atoms with Crippen molar-refractivity contribution in [3.05, 3.63) is 22.7 Å². The zero-order valence-corrected chi connectivity index (χ0v) is 7.15. The second-order valence-corrected chi connectivity index (χ2v) is 2.83. The normalized spacial score (nSPS) is 11.4. The summed E-state index contributed by atoms with van der Waals surface area (Å²) in [6.07, 6.45) is 0. The van der Waals surface area contributed by atoms with Crippen LogP contribution in [0.4, 0.5) is 11.4 Å². The highest BCUT2D eigenvalue weighted by Gasteiger charge is 2.03. The van der Waals surface area contributed by atoms with Gasteiger partial charge in [-0.25, -0.2) is 0 Å². The Morgan fingerprint density at radius 2 is 1.73 bits per heavy atom. The molecule has 0 atom stereocenters. The van der Waals surface area contributed by atoms with Crippen molar-refractivity contribution in [2.75, 3.05) is 11.5 Å². The molecule has 0 bridgehead atoms. The van der Waals surface area contributed by atoms with Gasteiger partial charge in [-0.1, -0.05) is 0 Å². The van der Waals surface area contributed by atoms with Crippen LogP contribution in [-0.2, 0) is 0 Å². The van der Waals surface area contributed by atoms with E-state index in [0.29, 0.717) is 17.4 Å². The fourth-order valence-electron chi connectivity index (χ4n) is 1.05. The first-order chi connectivity index (χ1) is 5.46. The van der Waals surface area contributed by atoms with Gasteiger partial charge in [-0.05, 0) is 43.5 Å². The fourth-order valence-corrected chi connectivity index (χ4v) is 1.05. The van der Waals surface area contributed by atoms with Crippen LogP contribution < -0.4 is 11.5 Å². The summed E-state index contributed by atoms with van der Waals surface area (Å²) in [7, 11) is 0. The third-order valence-corrected chi connectivity index (χ3v) is 2.14. The first kappa shape index (κ1) is 6.53. The van der Waals surface area contributed by atoms with Gasteiger partial charge in [0, 0.05) is 0 Å². The molecule has 1 rings (SSSR count). The van der Waals surface area contributed by atoms with Crippen molar-refractivity contribution in [2.45, 2.75) is 20.8 Å². The summed E-state index contributed by atoms with van der Waals surface area (Å²) in [5.41, 5.74) is 15.3. The van der Waals surface area contributed by atoms with Gasteiger partial charge in [0.1, 0.15) is 0 Å². The molecule has 0 aliphatic carbocycles. The van der Waals surface area contributed by atoms with Crippen LogP contribution in [0.3, 0.4) is 0 Å². The molecule has 0 fully saturated rings. The van der Waals surface area contributed by atoms with Crippen molar-refractivity contribution in [1.29, 1.82) is 0 Å². The first-order valence-corrected chi connectivity index (χ1v) is 3.58. The summed E-state index contributed by atoms with van der Waals surface area (Å²) in [6, 6.07) is 0.357. The van der Waals surface area contributed by atoms with Gasteiger partial charge >= 0.3 is 0 Å². The van der Waals surface area contributed by atoms with Crippen LogP contribution in [-0.4, -0.2) is 0 Å². The van der Waals surface area contributed by atoms with Crippen LogP contribution in [0.2, 0.25) is 0 Å². The van der Waals surface area contributed by atoms with E-state index >= 15 is 0 Å². The average molecular weight is 152 g/mol. The first-order valence-electron chi connectivity index (χ1n) is 4.08. The Labute approximate surface area is 68.6 Å². The molecule has 11 heavy (non-hydrogen) atoms. The number of nitrogens with two attached hydrogens (primary N) is 2. The van der Waals surface area contributed by atoms with Gasteiger partial charge in [-0.2, -0.15) is 0 Å². The Hall–Kier alpha value is -1.18. The van der Waals surface area contributed by atoms with Crippen molar-refractivity contribution in [3.8, 4) is 0 Å². The van der Waals surface area contributed by atoms with E-state index < -0.39 is 0 Å². The van der Waals surface area contributed by atoms with Crippen LogP contribution in [0.25, 0.3) is 0 Å².